The molecule has 0 amide bonds. The minimum atomic E-state index is -3.33. The van der Waals surface area contributed by atoms with Crippen LogP contribution < -0.4 is 0 Å². The summed E-state index contributed by atoms with van der Waals surface area (Å²) in [5.74, 6) is 0. The normalized spacial score (nSPS) is 15.8. The third kappa shape index (κ3) is 3.46. The first kappa shape index (κ1) is 21.4. The molecule has 1 aliphatic rings. The van der Waals surface area contributed by atoms with Gasteiger partial charge in [0.1, 0.15) is 16.9 Å². The Hall–Kier alpha value is -4.14. The van der Waals surface area contributed by atoms with E-state index in [2.05, 4.69) is 21.0 Å². The highest BCUT2D eigenvalue weighted by molar-refractivity contribution is 7.88. The number of nitrogens with one attached hydrogen (secondary N) is 1. The number of rotatable bonds is 5. The molecule has 1 saturated heterocycles. The second kappa shape index (κ2) is 7.69. The van der Waals surface area contributed by atoms with Crippen molar-refractivity contribution in [1.82, 2.24) is 34.0 Å². The highest BCUT2D eigenvalue weighted by Gasteiger charge is 2.49. The number of hydrogen-bond donors (Lipinski definition) is 1. The van der Waals surface area contributed by atoms with Crippen molar-refractivity contribution in [2.75, 3.05) is 19.3 Å². The highest BCUT2D eigenvalue weighted by Crippen LogP contribution is 2.36. The predicted octanol–water partition coefficient (Wildman–Crippen LogP) is 2.92. The van der Waals surface area contributed by atoms with E-state index < -0.39 is 15.6 Å². The zero-order valence-corrected chi connectivity index (χ0v) is 19.6. The monoisotopic (exact) mass is 484 g/mol. The van der Waals surface area contributed by atoms with Crippen LogP contribution in [0.15, 0.2) is 61.2 Å². The molecule has 0 unspecified atom stereocenters. The van der Waals surface area contributed by atoms with E-state index in [1.54, 1.807) is 23.3 Å². The van der Waals surface area contributed by atoms with Gasteiger partial charge in [0.25, 0.3) is 0 Å². The van der Waals surface area contributed by atoms with Crippen molar-refractivity contribution in [2.24, 2.45) is 0 Å². The molecular formula is C24H20N8O2S. The van der Waals surface area contributed by atoms with E-state index in [1.807, 2.05) is 42.6 Å². The van der Waals surface area contributed by atoms with Crippen LogP contribution in [0.3, 0.4) is 0 Å². The molecule has 10 nitrogen and oxygen atoms in total. The molecule has 174 valence electrons. The van der Waals surface area contributed by atoms with E-state index in [4.69, 9.17) is 10.1 Å². The van der Waals surface area contributed by atoms with Crippen LogP contribution in [0.4, 0.5) is 0 Å². The van der Waals surface area contributed by atoms with Crippen molar-refractivity contribution in [3.63, 3.8) is 0 Å². The molecule has 0 saturated carbocycles. The lowest BCUT2D eigenvalue weighted by atomic mass is 9.89. The first-order valence-corrected chi connectivity index (χ1v) is 12.8. The minimum absolute atomic E-state index is 0.150. The molecule has 1 N–H and O–H groups in total. The number of aromatic nitrogens is 6. The fourth-order valence-corrected chi connectivity index (χ4v) is 5.55. The maximum atomic E-state index is 11.9. The Kier molecular flexibility index (Phi) is 4.70. The van der Waals surface area contributed by atoms with E-state index in [9.17, 15) is 13.7 Å². The molecule has 5 aromatic rings. The topological polar surface area (TPSA) is 133 Å². The molecule has 6 heterocycles. The summed E-state index contributed by atoms with van der Waals surface area (Å²) in [6, 6.07) is 13.6. The Balaban J connectivity index is 1.47. The second-order valence-electron chi connectivity index (χ2n) is 8.76. The van der Waals surface area contributed by atoms with Crippen LogP contribution in [0.25, 0.3) is 44.6 Å². The SMILES string of the molecule is CS(=O)(=O)N1CC(CC#N)(n2ccc(-c3nc(-c4c[nH]c5cccnc45)cc4ncccc34)n2)C1. The van der Waals surface area contributed by atoms with Gasteiger partial charge in [-0.15, -0.1) is 0 Å². The summed E-state index contributed by atoms with van der Waals surface area (Å²) in [5, 5.41) is 15.0. The summed E-state index contributed by atoms with van der Waals surface area (Å²) in [7, 11) is -3.33. The summed E-state index contributed by atoms with van der Waals surface area (Å²) < 4.78 is 26.9. The van der Waals surface area contributed by atoms with Crippen LogP contribution in [0, 0.1) is 11.3 Å². The van der Waals surface area contributed by atoms with Gasteiger partial charge in [0, 0.05) is 48.8 Å². The van der Waals surface area contributed by atoms with Gasteiger partial charge in [0.2, 0.25) is 10.0 Å². The van der Waals surface area contributed by atoms with Gasteiger partial charge >= 0.3 is 0 Å². The van der Waals surface area contributed by atoms with Crippen molar-refractivity contribution >= 4 is 32.0 Å². The highest BCUT2D eigenvalue weighted by atomic mass is 32.2. The number of fused-ring (bicyclic) bond motifs is 2. The van der Waals surface area contributed by atoms with E-state index in [0.717, 1.165) is 27.5 Å². The fraction of sp³-hybridized carbons (Fsp3) is 0.208. The number of aromatic amines is 1. The first-order chi connectivity index (χ1) is 16.9. The average Bonchev–Trinajstić information content (AvgIpc) is 3.47. The van der Waals surface area contributed by atoms with Crippen LogP contribution in [-0.4, -0.2) is 61.8 Å². The van der Waals surface area contributed by atoms with Gasteiger partial charge in [-0.25, -0.2) is 13.4 Å². The molecule has 35 heavy (non-hydrogen) atoms. The van der Waals surface area contributed by atoms with Crippen LogP contribution in [-0.2, 0) is 15.6 Å². The summed E-state index contributed by atoms with van der Waals surface area (Å²) in [4.78, 5) is 17.2. The first-order valence-electron chi connectivity index (χ1n) is 10.9. The van der Waals surface area contributed by atoms with Crippen molar-refractivity contribution in [2.45, 2.75) is 12.0 Å². The summed E-state index contributed by atoms with van der Waals surface area (Å²) in [6.45, 7) is 0.411. The number of pyridine rings is 3. The van der Waals surface area contributed by atoms with Crippen LogP contribution in [0.1, 0.15) is 6.42 Å². The Morgan fingerprint density at radius 2 is 1.94 bits per heavy atom. The third-order valence-corrected chi connectivity index (χ3v) is 7.64. The second-order valence-corrected chi connectivity index (χ2v) is 10.7. The molecule has 0 radical (unpaired) electrons. The van der Waals surface area contributed by atoms with Crippen molar-refractivity contribution in [1.29, 1.82) is 5.26 Å². The van der Waals surface area contributed by atoms with E-state index in [0.29, 0.717) is 17.1 Å². The molecule has 11 heteroatoms. The van der Waals surface area contributed by atoms with Gasteiger partial charge in [-0.3, -0.25) is 14.6 Å². The van der Waals surface area contributed by atoms with Crippen LogP contribution in [0.2, 0.25) is 0 Å². The largest absolute Gasteiger partial charge is 0.359 e. The number of nitrogens with zero attached hydrogens (tertiary/aromatic N) is 7. The lowest BCUT2D eigenvalue weighted by molar-refractivity contribution is 0.0726. The molecule has 6 rings (SSSR count). The predicted molar refractivity (Wildman–Crippen MR) is 130 cm³/mol. The maximum Gasteiger partial charge on any atom is 0.211 e. The van der Waals surface area contributed by atoms with Gasteiger partial charge in [0.15, 0.2) is 0 Å². The Morgan fingerprint density at radius 3 is 2.74 bits per heavy atom. The Morgan fingerprint density at radius 1 is 1.14 bits per heavy atom. The average molecular weight is 485 g/mol. The number of H-pyrrole nitrogens is 1. The molecule has 1 aliphatic heterocycles. The van der Waals surface area contributed by atoms with Gasteiger partial charge < -0.3 is 4.98 Å². The molecule has 0 atom stereocenters. The van der Waals surface area contributed by atoms with Crippen molar-refractivity contribution < 1.29 is 8.42 Å². The van der Waals surface area contributed by atoms with Crippen LogP contribution in [0.5, 0.6) is 0 Å². The lowest BCUT2D eigenvalue weighted by Crippen LogP contribution is -2.63. The summed E-state index contributed by atoms with van der Waals surface area (Å²) in [6.07, 6.45) is 8.47. The number of sulfonamides is 1. The van der Waals surface area contributed by atoms with E-state index >= 15 is 0 Å². The summed E-state index contributed by atoms with van der Waals surface area (Å²) >= 11 is 0. The number of nitriles is 1. The Labute approximate surface area is 200 Å². The van der Waals surface area contributed by atoms with Gasteiger partial charge in [-0.2, -0.15) is 14.7 Å². The molecule has 0 aliphatic carbocycles. The lowest BCUT2D eigenvalue weighted by Gasteiger charge is -2.47. The molecule has 1 fully saturated rings. The standard InChI is InChI=1S/C24H20N8O2S/c1-35(33,34)31-14-24(15-31,7-8-25)32-11-6-19(30-32)23-16-4-2-9-26-20(16)12-21(29-23)17-13-28-18-5-3-10-27-22(17)18/h2-6,9-13,28H,7,14-15H2,1H3. The van der Waals surface area contributed by atoms with Crippen molar-refractivity contribution in [3.05, 3.63) is 61.2 Å². The quantitative estimate of drug-likeness (QED) is 0.405. The van der Waals surface area contributed by atoms with E-state index in [-0.39, 0.29) is 19.5 Å². The number of hydrogen-bond acceptors (Lipinski definition) is 7. The van der Waals surface area contributed by atoms with Crippen LogP contribution >= 0.6 is 0 Å². The molecule has 0 bridgehead atoms. The fourth-order valence-electron chi connectivity index (χ4n) is 4.60. The smallest absolute Gasteiger partial charge is 0.211 e. The zero-order chi connectivity index (χ0) is 24.2. The van der Waals surface area contributed by atoms with Gasteiger partial charge in [0.05, 0.1) is 41.0 Å². The molecule has 0 aromatic carbocycles. The summed E-state index contributed by atoms with van der Waals surface area (Å²) in [5.41, 5.74) is 4.63. The van der Waals surface area contributed by atoms with Gasteiger partial charge in [-0.05, 0) is 36.4 Å². The minimum Gasteiger partial charge on any atom is -0.359 e. The molecule has 5 aromatic heterocycles. The Bertz CT molecular complexity index is 1740. The maximum absolute atomic E-state index is 11.9. The third-order valence-electron chi connectivity index (χ3n) is 6.45. The van der Waals surface area contributed by atoms with Crippen molar-refractivity contribution in [3.8, 4) is 28.7 Å². The molecule has 0 spiro atoms. The van der Waals surface area contributed by atoms with E-state index in [1.165, 1.54) is 10.6 Å². The molecular weight excluding hydrogens is 464 g/mol. The van der Waals surface area contributed by atoms with Gasteiger partial charge in [-0.1, -0.05) is 0 Å². The zero-order valence-electron chi connectivity index (χ0n) is 18.8.